The smallest absolute Gasteiger partial charge is 0.420 e. The van der Waals surface area contributed by atoms with Gasteiger partial charge in [-0.15, -0.1) is 8.78 Å². The van der Waals surface area contributed by atoms with Gasteiger partial charge in [0.05, 0.1) is 24.3 Å². The Morgan fingerprint density at radius 1 is 1.04 bits per heavy atom. The molecule has 2 saturated heterocycles. The van der Waals surface area contributed by atoms with E-state index in [1.165, 1.54) is 40.5 Å². The number of anilines is 2. The number of rotatable bonds is 10. The molecular formula is C35H34ClF2N9O5. The van der Waals surface area contributed by atoms with Crippen molar-refractivity contribution in [3.05, 3.63) is 89.2 Å². The van der Waals surface area contributed by atoms with Crippen LogP contribution in [-0.4, -0.2) is 92.1 Å². The van der Waals surface area contributed by atoms with Gasteiger partial charge in [0.2, 0.25) is 5.91 Å². The first-order valence-corrected chi connectivity index (χ1v) is 17.0. The first kappa shape index (κ1) is 34.8. The number of amides is 5. The van der Waals surface area contributed by atoms with Crippen LogP contribution in [0, 0.1) is 0 Å². The minimum absolute atomic E-state index is 0.141. The van der Waals surface area contributed by atoms with Crippen LogP contribution in [0.15, 0.2) is 67.0 Å². The number of benzene rings is 2. The second kappa shape index (κ2) is 14.2. The Balaban J connectivity index is 0.980. The van der Waals surface area contributed by atoms with Gasteiger partial charge in [0.15, 0.2) is 0 Å². The van der Waals surface area contributed by atoms with Gasteiger partial charge in [-0.2, -0.15) is 5.10 Å². The van der Waals surface area contributed by atoms with Crippen LogP contribution >= 0.6 is 11.6 Å². The molecule has 52 heavy (non-hydrogen) atoms. The largest absolute Gasteiger partial charge is 0.487 e. The number of nitrogens with one attached hydrogen (secondary N) is 3. The van der Waals surface area contributed by atoms with Crippen LogP contribution in [0.25, 0.3) is 11.3 Å². The lowest BCUT2D eigenvalue weighted by atomic mass is 10.0. The van der Waals surface area contributed by atoms with Gasteiger partial charge in [0.25, 0.3) is 11.8 Å². The van der Waals surface area contributed by atoms with Crippen LogP contribution in [0.1, 0.15) is 51.1 Å². The Bertz CT molecular complexity index is 2000. The molecule has 0 saturated carbocycles. The lowest BCUT2D eigenvalue weighted by Gasteiger charge is -2.38. The van der Waals surface area contributed by atoms with Gasteiger partial charge < -0.3 is 15.0 Å². The average molecular weight is 734 g/mol. The fourth-order valence-corrected chi connectivity index (χ4v) is 6.84. The van der Waals surface area contributed by atoms with E-state index in [1.54, 1.807) is 24.4 Å². The first-order chi connectivity index (χ1) is 24.9. The molecule has 0 spiro atoms. The number of aromatic amines is 1. The Kier molecular flexibility index (Phi) is 9.50. The third-order valence-electron chi connectivity index (χ3n) is 9.35. The highest BCUT2D eigenvalue weighted by Crippen LogP contribution is 2.33. The van der Waals surface area contributed by atoms with Gasteiger partial charge in [-0.05, 0) is 73.5 Å². The number of pyridine rings is 1. The molecule has 3 aliphatic heterocycles. The van der Waals surface area contributed by atoms with Gasteiger partial charge >= 0.3 is 11.6 Å². The second-order valence-electron chi connectivity index (χ2n) is 12.8. The quantitative estimate of drug-likeness (QED) is 0.195. The molecule has 0 bridgehead atoms. The van der Waals surface area contributed by atoms with E-state index in [2.05, 4.69) is 42.4 Å². The van der Waals surface area contributed by atoms with E-state index in [9.17, 15) is 28.0 Å². The summed E-state index contributed by atoms with van der Waals surface area (Å²) in [6, 6.07) is 14.4. The van der Waals surface area contributed by atoms with Gasteiger partial charge in [-0.3, -0.25) is 29.7 Å². The molecule has 0 radical (unpaired) electrons. The highest BCUT2D eigenvalue weighted by Gasteiger charge is 2.37. The number of aromatic nitrogens is 3. The summed E-state index contributed by atoms with van der Waals surface area (Å²) >= 11 is 4.83. The Labute approximate surface area is 301 Å². The maximum absolute atomic E-state index is 13.2. The van der Waals surface area contributed by atoms with Crippen molar-refractivity contribution in [1.29, 1.82) is 0 Å². The van der Waals surface area contributed by atoms with Crippen molar-refractivity contribution in [2.24, 2.45) is 0 Å². The summed E-state index contributed by atoms with van der Waals surface area (Å²) in [6.45, 7) is 2.52. The summed E-state index contributed by atoms with van der Waals surface area (Å²) in [5, 5.41) is 14.9. The first-order valence-electron chi connectivity index (χ1n) is 16.6. The van der Waals surface area contributed by atoms with Crippen molar-refractivity contribution in [3.63, 3.8) is 0 Å². The van der Waals surface area contributed by atoms with E-state index in [0.717, 1.165) is 37.1 Å². The number of fused-ring (bicyclic) bond motifs is 1. The number of halogens is 3. The van der Waals surface area contributed by atoms with Crippen LogP contribution in [0.5, 0.6) is 5.75 Å². The zero-order valence-electron chi connectivity index (χ0n) is 27.9. The number of piperidine rings is 1. The van der Waals surface area contributed by atoms with E-state index in [-0.39, 0.29) is 48.7 Å². The lowest BCUT2D eigenvalue weighted by molar-refractivity contribution is -0.123. The number of nitrogens with zero attached hydrogens (tertiary/aromatic N) is 6. The van der Waals surface area contributed by atoms with Gasteiger partial charge in [0.1, 0.15) is 11.6 Å². The number of hydrogen-bond acceptors (Lipinski definition) is 9. The predicted molar refractivity (Wildman–Crippen MR) is 186 cm³/mol. The maximum Gasteiger partial charge on any atom is 0.487 e. The van der Waals surface area contributed by atoms with E-state index in [1.807, 2.05) is 12.1 Å². The predicted octanol–water partition coefficient (Wildman–Crippen LogP) is 4.81. The van der Waals surface area contributed by atoms with E-state index in [0.29, 0.717) is 34.9 Å². The lowest BCUT2D eigenvalue weighted by Crippen LogP contribution is -2.56. The fourth-order valence-electron chi connectivity index (χ4n) is 6.75. The van der Waals surface area contributed by atoms with Gasteiger partial charge in [-0.1, -0.05) is 12.1 Å². The normalized spacial score (nSPS) is 16.7. The van der Waals surface area contributed by atoms with Gasteiger partial charge in [0, 0.05) is 72.9 Å². The molecule has 2 aromatic heterocycles. The van der Waals surface area contributed by atoms with Crippen LogP contribution in [-0.2, 0) is 17.9 Å². The topological polar surface area (TPSA) is 156 Å². The minimum Gasteiger partial charge on any atom is -0.420 e. The Morgan fingerprint density at radius 2 is 1.81 bits per heavy atom. The summed E-state index contributed by atoms with van der Waals surface area (Å²) in [5.41, 5.74) is 0.566. The molecule has 4 aromatic rings. The Hall–Kier alpha value is -5.61. The number of imide groups is 1. The monoisotopic (exact) mass is 733 g/mol. The second-order valence-corrected chi connectivity index (χ2v) is 13.2. The number of carbonyl (C=O) groups is 4. The molecule has 270 valence electrons. The zero-order chi connectivity index (χ0) is 36.6. The summed E-state index contributed by atoms with van der Waals surface area (Å²) in [5.74, 6) is -0.504. The molecule has 7 rings (SSSR count). The maximum atomic E-state index is 13.2. The molecule has 0 unspecified atom stereocenters. The number of hydrogen-bond donors (Lipinski definition) is 3. The fraction of sp³-hybridized carbons (Fsp3) is 0.314. The molecule has 2 fully saturated rings. The van der Waals surface area contributed by atoms with Crippen molar-refractivity contribution in [3.8, 4) is 17.0 Å². The van der Waals surface area contributed by atoms with Crippen LogP contribution in [0.2, 0.25) is 0 Å². The van der Waals surface area contributed by atoms with Gasteiger partial charge in [-0.25, -0.2) is 19.8 Å². The molecule has 5 amide bonds. The summed E-state index contributed by atoms with van der Waals surface area (Å²) in [7, 11) is 2.08. The van der Waals surface area contributed by atoms with E-state index in [4.69, 9.17) is 16.6 Å². The van der Waals surface area contributed by atoms with E-state index < -0.39 is 17.5 Å². The third kappa shape index (κ3) is 7.52. The molecule has 5 heterocycles. The molecule has 2 aromatic carbocycles. The minimum atomic E-state index is -3.84. The van der Waals surface area contributed by atoms with Crippen molar-refractivity contribution in [2.75, 3.05) is 36.9 Å². The summed E-state index contributed by atoms with van der Waals surface area (Å²) in [6.07, 6.45) is 5.05. The standard InChI is InChI=1S/C35H34ClF2N9O5/c1-44(19-21-2-7-27-23(16-21)20-47(33(27)50)46-15-11-30(48)42-34(46)51)25-9-13-45(14-10-25)31-28(29-8-12-40-43-29)17-22(18-39-31)32(49)41-24-3-5-26(6-4-24)52-35(36,37)38/h2-8,12,16-18,25H,9-11,13-15,19-20H2,1H3,(H,40,43)(H,41,49)(H,42,48,51). The number of hydrazine groups is 1. The molecule has 3 N–H and O–H groups in total. The molecule has 14 nitrogen and oxygen atoms in total. The molecular weight excluding hydrogens is 700 g/mol. The third-order valence-corrected chi connectivity index (χ3v) is 9.43. The SMILES string of the molecule is CN(Cc1ccc2c(c1)CN(N1CCC(=O)NC1=O)C2=O)C1CCN(c2ncc(C(=O)Nc3ccc(OC(F)(F)Cl)cc3)cc2-c2cc[nH]n2)CC1. The van der Waals surface area contributed by atoms with Crippen LogP contribution in [0.4, 0.5) is 25.1 Å². The number of ether oxygens (including phenoxy) is 1. The highest BCUT2D eigenvalue weighted by molar-refractivity contribution is 6.20. The van der Waals surface area contributed by atoms with Crippen LogP contribution < -0.4 is 20.3 Å². The molecule has 0 atom stereocenters. The summed E-state index contributed by atoms with van der Waals surface area (Å²) in [4.78, 5) is 59.4. The van der Waals surface area contributed by atoms with Crippen molar-refractivity contribution in [2.45, 2.75) is 44.0 Å². The molecule has 0 aliphatic carbocycles. The van der Waals surface area contributed by atoms with Crippen LogP contribution in [0.3, 0.4) is 0 Å². The van der Waals surface area contributed by atoms with E-state index >= 15 is 0 Å². The number of alkyl halides is 3. The van der Waals surface area contributed by atoms with Crippen molar-refractivity contribution < 1.29 is 32.7 Å². The van der Waals surface area contributed by atoms with Crippen molar-refractivity contribution >= 4 is 46.9 Å². The average Bonchev–Trinajstić information content (AvgIpc) is 3.77. The van der Waals surface area contributed by atoms with Crippen molar-refractivity contribution in [1.82, 2.24) is 35.4 Å². The number of H-pyrrole nitrogens is 1. The number of carbonyl (C=O) groups excluding carboxylic acids is 4. The zero-order valence-corrected chi connectivity index (χ0v) is 28.7. The number of urea groups is 1. The molecule has 17 heteroatoms. The molecule has 3 aliphatic rings. The summed E-state index contributed by atoms with van der Waals surface area (Å²) < 4.78 is 30.2. The Morgan fingerprint density at radius 3 is 2.50 bits per heavy atom. The highest BCUT2D eigenvalue weighted by atomic mass is 35.5.